The zero-order valence-corrected chi connectivity index (χ0v) is 5.45. The number of rotatable bonds is 2. The van der Waals surface area contributed by atoms with Gasteiger partial charge in [-0.25, -0.2) is 9.79 Å². The maximum Gasteiger partial charge on any atom is 0.371 e. The second-order valence-corrected chi connectivity index (χ2v) is 1.47. The highest BCUT2D eigenvalue weighted by molar-refractivity contribution is 5.82. The molecule has 11 heavy (non-hydrogen) atoms. The molecule has 0 saturated heterocycles. The Balaban J connectivity index is 3.93. The minimum absolute atomic E-state index is 0.397. The highest BCUT2D eigenvalue weighted by Gasteiger charge is 2.14. The van der Waals surface area contributed by atoms with E-state index in [2.05, 4.69) is 4.99 Å². The summed E-state index contributed by atoms with van der Waals surface area (Å²) in [7, 11) is 0. The van der Waals surface area contributed by atoms with E-state index in [0.717, 1.165) is 6.21 Å². The number of carbonyl (C=O) groups excluding carboxylic acids is 1. The number of aliphatic imine (C=N–C) groups is 1. The van der Waals surface area contributed by atoms with Crippen LogP contribution in [-0.2, 0) is 0 Å². The lowest BCUT2D eigenvalue weighted by Gasteiger charge is -2.12. The lowest BCUT2D eigenvalue weighted by molar-refractivity contribution is -0.245. The maximum absolute atomic E-state index is 10.4. The van der Waals surface area contributed by atoms with Crippen LogP contribution in [0.15, 0.2) is 4.99 Å². The number of aliphatic hydroxyl groups is 3. The van der Waals surface area contributed by atoms with E-state index < -0.39 is 24.1 Å². The van der Waals surface area contributed by atoms with Crippen LogP contribution >= 0.6 is 0 Å². The lowest BCUT2D eigenvalue weighted by Crippen LogP contribution is -2.35. The van der Waals surface area contributed by atoms with Gasteiger partial charge in [0, 0.05) is 6.21 Å². The van der Waals surface area contributed by atoms with Crippen molar-refractivity contribution in [2.75, 3.05) is 6.61 Å². The first kappa shape index (κ1) is 9.98. The monoisotopic (exact) mass is 164 g/mol. The highest BCUT2D eigenvalue weighted by atomic mass is 16.6. The molecule has 0 rings (SSSR count). The van der Waals surface area contributed by atoms with Crippen molar-refractivity contribution < 1.29 is 25.3 Å². The zero-order chi connectivity index (χ0) is 8.85. The Kier molecular flexibility index (Phi) is 4.30. The van der Waals surface area contributed by atoms with Gasteiger partial charge in [0.05, 0.1) is 6.61 Å². The molecule has 0 aliphatic carbocycles. The second kappa shape index (κ2) is 4.74. The van der Waals surface area contributed by atoms with Crippen LogP contribution in [0.1, 0.15) is 0 Å². The average Bonchev–Trinajstić information content (AvgIpc) is 1.98. The Morgan fingerprint density at radius 2 is 2.18 bits per heavy atom. The topological polar surface area (TPSA) is 114 Å². The number of aliphatic hydroxyl groups excluding tert-OH is 2. The summed E-state index contributed by atoms with van der Waals surface area (Å²) in [6.45, 7) is -0.471. The van der Waals surface area contributed by atoms with Crippen molar-refractivity contribution in [2.45, 2.75) is 6.41 Å². The van der Waals surface area contributed by atoms with Crippen molar-refractivity contribution in [1.29, 1.82) is 0 Å². The first-order chi connectivity index (χ1) is 5.09. The van der Waals surface area contributed by atoms with Crippen molar-refractivity contribution in [3.63, 3.8) is 0 Å². The molecule has 0 aromatic heterocycles. The molecule has 0 aliphatic heterocycles. The molecule has 0 aromatic carbocycles. The van der Waals surface area contributed by atoms with E-state index in [0.29, 0.717) is 0 Å². The summed E-state index contributed by atoms with van der Waals surface area (Å²) in [5.74, 6) is 0. The smallest absolute Gasteiger partial charge is 0.371 e. The second-order valence-electron chi connectivity index (χ2n) is 1.47. The number of hydroxylamine groups is 2. The maximum atomic E-state index is 10.4. The van der Waals surface area contributed by atoms with Gasteiger partial charge in [0.25, 0.3) is 6.41 Å². The predicted molar refractivity (Wildman–Crippen MR) is 32.8 cm³/mol. The van der Waals surface area contributed by atoms with Gasteiger partial charge in [-0.2, -0.15) is 0 Å². The van der Waals surface area contributed by atoms with Crippen LogP contribution in [0.2, 0.25) is 0 Å². The minimum Gasteiger partial charge on any atom is -0.391 e. The Hall–Kier alpha value is -1.02. The molecule has 4 N–H and O–H groups in total. The van der Waals surface area contributed by atoms with E-state index in [4.69, 9.17) is 20.5 Å². The Labute approximate surface area is 61.8 Å². The van der Waals surface area contributed by atoms with Crippen LogP contribution < -0.4 is 0 Å². The fraction of sp³-hybridized carbons (Fsp3) is 0.500. The number of amides is 2. The van der Waals surface area contributed by atoms with Crippen LogP contribution in [0.5, 0.6) is 0 Å². The summed E-state index contributed by atoms with van der Waals surface area (Å²) < 4.78 is 0. The molecule has 7 nitrogen and oxygen atoms in total. The molecule has 0 saturated carbocycles. The molecule has 7 heteroatoms. The van der Waals surface area contributed by atoms with Gasteiger partial charge in [-0.3, -0.25) is 5.21 Å². The molecule has 0 radical (unpaired) electrons. The Morgan fingerprint density at radius 3 is 2.55 bits per heavy atom. The number of carbonyl (C=O) groups is 1. The number of hydrogen-bond acceptors (Lipinski definition) is 5. The SMILES string of the molecule is O=C(N=CCO)N(O)C(O)O. The van der Waals surface area contributed by atoms with Crippen molar-refractivity contribution >= 4 is 12.2 Å². The molecule has 0 atom stereocenters. The predicted octanol–water partition coefficient (Wildman–Crippen LogP) is -1.87. The molecule has 0 spiro atoms. The fourth-order valence-corrected chi connectivity index (χ4v) is 0.277. The van der Waals surface area contributed by atoms with Crippen LogP contribution in [0.3, 0.4) is 0 Å². The molecule has 2 amide bonds. The summed E-state index contributed by atoms with van der Waals surface area (Å²) in [5.41, 5.74) is 0. The fourth-order valence-electron chi connectivity index (χ4n) is 0.277. The van der Waals surface area contributed by atoms with E-state index in [9.17, 15) is 4.79 Å². The third-order valence-electron chi connectivity index (χ3n) is 0.698. The molecule has 0 heterocycles. The van der Waals surface area contributed by atoms with Crippen molar-refractivity contribution in [1.82, 2.24) is 5.06 Å². The molecular formula is C4H8N2O5. The summed E-state index contributed by atoms with van der Waals surface area (Å²) in [5, 5.41) is 32.5. The van der Waals surface area contributed by atoms with E-state index in [1.807, 2.05) is 0 Å². The molecular weight excluding hydrogens is 156 g/mol. The van der Waals surface area contributed by atoms with Gasteiger partial charge in [0.2, 0.25) is 0 Å². The number of urea groups is 1. The van der Waals surface area contributed by atoms with Gasteiger partial charge in [-0.05, 0) is 0 Å². The van der Waals surface area contributed by atoms with Crippen LogP contribution in [0, 0.1) is 0 Å². The van der Waals surface area contributed by atoms with Gasteiger partial charge in [0.1, 0.15) is 0 Å². The molecule has 0 aliphatic rings. The average molecular weight is 164 g/mol. The van der Waals surface area contributed by atoms with Crippen molar-refractivity contribution in [2.24, 2.45) is 4.99 Å². The van der Waals surface area contributed by atoms with E-state index >= 15 is 0 Å². The van der Waals surface area contributed by atoms with Gasteiger partial charge >= 0.3 is 6.03 Å². The van der Waals surface area contributed by atoms with Crippen molar-refractivity contribution in [3.05, 3.63) is 0 Å². The first-order valence-electron chi connectivity index (χ1n) is 2.61. The standard InChI is InChI=1S/C4H8N2O5/c7-2-1-5-3(8)6(11)4(9)10/h1,4,7,9-11H,2H2. The zero-order valence-electron chi connectivity index (χ0n) is 5.45. The lowest BCUT2D eigenvalue weighted by atomic mass is 10.8. The third-order valence-corrected chi connectivity index (χ3v) is 0.698. The Bertz CT molecular complexity index is 157. The molecule has 0 aromatic rings. The Morgan fingerprint density at radius 1 is 1.64 bits per heavy atom. The van der Waals surface area contributed by atoms with Crippen LogP contribution in [0.25, 0.3) is 0 Å². The van der Waals surface area contributed by atoms with Gasteiger partial charge in [0.15, 0.2) is 0 Å². The highest BCUT2D eigenvalue weighted by Crippen LogP contribution is 1.90. The molecule has 64 valence electrons. The summed E-state index contributed by atoms with van der Waals surface area (Å²) in [6, 6.07) is -1.27. The largest absolute Gasteiger partial charge is 0.391 e. The summed E-state index contributed by atoms with van der Waals surface area (Å²) >= 11 is 0. The van der Waals surface area contributed by atoms with E-state index in [1.54, 1.807) is 0 Å². The third kappa shape index (κ3) is 3.63. The number of hydrogen-bond donors (Lipinski definition) is 4. The number of nitrogens with zero attached hydrogens (tertiary/aromatic N) is 2. The van der Waals surface area contributed by atoms with E-state index in [-0.39, 0.29) is 0 Å². The van der Waals surface area contributed by atoms with Gasteiger partial charge in [-0.15, -0.1) is 5.06 Å². The summed E-state index contributed by atoms with van der Waals surface area (Å²) in [6.07, 6.45) is -1.51. The quantitative estimate of drug-likeness (QED) is 0.165. The molecule has 0 fully saturated rings. The van der Waals surface area contributed by atoms with Crippen molar-refractivity contribution in [3.8, 4) is 0 Å². The van der Waals surface area contributed by atoms with Crippen LogP contribution in [-0.4, -0.2) is 50.9 Å². The molecule has 0 unspecified atom stereocenters. The van der Waals surface area contributed by atoms with Crippen LogP contribution in [0.4, 0.5) is 4.79 Å². The normalized spacial score (nSPS) is 11.0. The van der Waals surface area contributed by atoms with E-state index in [1.165, 1.54) is 0 Å². The van der Waals surface area contributed by atoms with Gasteiger partial charge in [-0.1, -0.05) is 0 Å². The van der Waals surface area contributed by atoms with Gasteiger partial charge < -0.3 is 15.3 Å². The molecule has 0 bridgehead atoms. The first-order valence-corrected chi connectivity index (χ1v) is 2.61. The summed E-state index contributed by atoms with van der Waals surface area (Å²) in [4.78, 5) is 13.3. The minimum atomic E-state index is -2.31.